The molecule has 3 rings (SSSR count). The maximum atomic E-state index is 13.6. The molecule has 3 aromatic carbocycles. The average molecular weight is 457 g/mol. The number of alkyl halides is 3. The van der Waals surface area contributed by atoms with Crippen molar-refractivity contribution in [3.8, 4) is 5.75 Å². The van der Waals surface area contributed by atoms with Gasteiger partial charge in [-0.15, -0.1) is 0 Å². The molecular weight excluding hydrogens is 435 g/mol. The first-order chi connectivity index (χ1) is 15.8. The molecule has 33 heavy (non-hydrogen) atoms. The maximum absolute atomic E-state index is 13.6. The minimum absolute atomic E-state index is 0.0432. The number of para-hydroxylation sites is 1. The van der Waals surface area contributed by atoms with Gasteiger partial charge in [0.1, 0.15) is 5.75 Å². The Labute approximate surface area is 188 Å². The highest BCUT2D eigenvalue weighted by molar-refractivity contribution is 6.04. The van der Waals surface area contributed by atoms with E-state index in [1.54, 1.807) is 36.4 Å². The van der Waals surface area contributed by atoms with Crippen molar-refractivity contribution in [3.05, 3.63) is 89.5 Å². The van der Waals surface area contributed by atoms with Gasteiger partial charge < -0.3 is 20.7 Å². The highest BCUT2D eigenvalue weighted by atomic mass is 19.4. The summed E-state index contributed by atoms with van der Waals surface area (Å²) in [7, 11) is 1.53. The van der Waals surface area contributed by atoms with Crippen LogP contribution >= 0.6 is 0 Å². The number of halogens is 3. The minimum Gasteiger partial charge on any atom is -0.496 e. The zero-order chi connectivity index (χ0) is 23.8. The van der Waals surface area contributed by atoms with E-state index in [4.69, 9.17) is 4.74 Å². The van der Waals surface area contributed by atoms with Gasteiger partial charge in [0, 0.05) is 17.8 Å². The molecule has 0 aliphatic rings. The molecule has 0 unspecified atom stereocenters. The topological polar surface area (TPSA) is 79.5 Å². The van der Waals surface area contributed by atoms with Gasteiger partial charge in [0.05, 0.1) is 18.4 Å². The molecule has 0 aliphatic heterocycles. The molecule has 0 radical (unpaired) electrons. The first-order valence-corrected chi connectivity index (χ1v) is 10.0. The Morgan fingerprint density at radius 1 is 0.909 bits per heavy atom. The zero-order valence-electron chi connectivity index (χ0n) is 17.7. The van der Waals surface area contributed by atoms with Crippen LogP contribution in [0.5, 0.6) is 5.75 Å². The van der Waals surface area contributed by atoms with E-state index in [1.165, 1.54) is 13.2 Å². The molecule has 0 heterocycles. The number of amides is 3. The number of carbonyl (C=O) groups is 2. The van der Waals surface area contributed by atoms with Gasteiger partial charge >= 0.3 is 12.2 Å². The fourth-order valence-electron chi connectivity index (χ4n) is 3.15. The van der Waals surface area contributed by atoms with Crippen LogP contribution in [0.3, 0.4) is 0 Å². The summed E-state index contributed by atoms with van der Waals surface area (Å²) >= 11 is 0. The van der Waals surface area contributed by atoms with Crippen LogP contribution in [0.25, 0.3) is 0 Å². The summed E-state index contributed by atoms with van der Waals surface area (Å²) in [4.78, 5) is 24.4. The zero-order valence-corrected chi connectivity index (χ0v) is 17.7. The minimum atomic E-state index is -4.74. The summed E-state index contributed by atoms with van der Waals surface area (Å²) in [6.45, 7) is 0.193. The fourth-order valence-corrected chi connectivity index (χ4v) is 3.15. The second kappa shape index (κ2) is 10.5. The van der Waals surface area contributed by atoms with E-state index in [0.29, 0.717) is 17.7 Å². The van der Waals surface area contributed by atoms with E-state index in [2.05, 4.69) is 16.0 Å². The summed E-state index contributed by atoms with van der Waals surface area (Å²) < 4.78 is 46.0. The Balaban J connectivity index is 1.66. The third kappa shape index (κ3) is 6.49. The fraction of sp³-hybridized carbons (Fsp3) is 0.167. The number of carbonyl (C=O) groups excluding carboxylic acids is 2. The number of ether oxygens (including phenoxy) is 1. The lowest BCUT2D eigenvalue weighted by Gasteiger charge is -2.16. The largest absolute Gasteiger partial charge is 0.496 e. The van der Waals surface area contributed by atoms with Crippen LogP contribution < -0.4 is 20.7 Å². The smallest absolute Gasteiger partial charge is 0.418 e. The van der Waals surface area contributed by atoms with Crippen LogP contribution in [0.2, 0.25) is 0 Å². The second-order valence-corrected chi connectivity index (χ2v) is 7.02. The van der Waals surface area contributed by atoms with Crippen LogP contribution in [0.15, 0.2) is 72.8 Å². The second-order valence-electron chi connectivity index (χ2n) is 7.02. The van der Waals surface area contributed by atoms with Crippen LogP contribution in [0.1, 0.15) is 21.5 Å². The number of anilines is 2. The maximum Gasteiger partial charge on any atom is 0.418 e. The van der Waals surface area contributed by atoms with Crippen molar-refractivity contribution in [2.45, 2.75) is 12.6 Å². The van der Waals surface area contributed by atoms with Gasteiger partial charge in [-0.05, 0) is 48.4 Å². The van der Waals surface area contributed by atoms with Gasteiger partial charge in [0.15, 0.2) is 0 Å². The summed E-state index contributed by atoms with van der Waals surface area (Å²) in [6.07, 6.45) is -4.30. The van der Waals surface area contributed by atoms with Crippen molar-refractivity contribution in [2.75, 3.05) is 24.3 Å². The third-order valence-electron chi connectivity index (χ3n) is 4.74. The lowest BCUT2D eigenvalue weighted by atomic mass is 10.1. The lowest BCUT2D eigenvalue weighted by molar-refractivity contribution is -0.136. The number of benzene rings is 3. The van der Waals surface area contributed by atoms with E-state index < -0.39 is 29.4 Å². The van der Waals surface area contributed by atoms with Crippen LogP contribution in [-0.2, 0) is 12.6 Å². The molecule has 0 bridgehead atoms. The molecule has 6 nitrogen and oxygen atoms in total. The summed E-state index contributed by atoms with van der Waals surface area (Å²) in [5.41, 5.74) is -0.376. The van der Waals surface area contributed by atoms with E-state index in [1.807, 2.05) is 18.2 Å². The molecular formula is C24H22F3N3O3. The highest BCUT2D eigenvalue weighted by Crippen LogP contribution is 2.36. The van der Waals surface area contributed by atoms with Crippen molar-refractivity contribution in [2.24, 2.45) is 0 Å². The van der Waals surface area contributed by atoms with E-state index in [-0.39, 0.29) is 12.2 Å². The molecule has 3 amide bonds. The average Bonchev–Trinajstić information content (AvgIpc) is 2.80. The predicted molar refractivity (Wildman–Crippen MR) is 120 cm³/mol. The number of nitrogens with one attached hydrogen (secondary N) is 3. The van der Waals surface area contributed by atoms with Crippen LogP contribution in [0.4, 0.5) is 29.3 Å². The molecule has 0 aliphatic carbocycles. The number of methoxy groups -OCH3 is 1. The van der Waals surface area contributed by atoms with E-state index >= 15 is 0 Å². The van der Waals surface area contributed by atoms with Gasteiger partial charge in [-0.2, -0.15) is 13.2 Å². The summed E-state index contributed by atoms with van der Waals surface area (Å²) in [5.74, 6) is 0.116. The molecule has 0 atom stereocenters. The summed E-state index contributed by atoms with van der Waals surface area (Å²) in [5, 5.41) is 7.20. The lowest BCUT2D eigenvalue weighted by Crippen LogP contribution is -2.31. The quantitative estimate of drug-likeness (QED) is 0.449. The third-order valence-corrected chi connectivity index (χ3v) is 4.74. The van der Waals surface area contributed by atoms with Gasteiger partial charge in [-0.25, -0.2) is 4.79 Å². The summed E-state index contributed by atoms with van der Waals surface area (Å²) in [6, 6.07) is 17.8. The Bertz CT molecular complexity index is 1120. The standard InChI is InChI=1S/C24H22F3N3O3/c1-33-21-10-6-5-7-16(21)13-14-28-23(32)30-20-12-11-18(15-19(20)24(25,26)27)29-22(31)17-8-3-2-4-9-17/h2-12,15H,13-14H2,1H3,(H,29,31)(H2,28,30,32). The number of hydrogen-bond donors (Lipinski definition) is 3. The SMILES string of the molecule is COc1ccccc1CCNC(=O)Nc1ccc(NC(=O)c2ccccc2)cc1C(F)(F)F. The van der Waals surface area contributed by atoms with Crippen LogP contribution in [0, 0.1) is 0 Å². The molecule has 3 aromatic rings. The highest BCUT2D eigenvalue weighted by Gasteiger charge is 2.34. The first kappa shape index (κ1) is 23.6. The van der Waals surface area contributed by atoms with Gasteiger partial charge in [0.25, 0.3) is 5.91 Å². The van der Waals surface area contributed by atoms with Crippen molar-refractivity contribution < 1.29 is 27.5 Å². The number of hydrogen-bond acceptors (Lipinski definition) is 3. The van der Waals surface area contributed by atoms with Gasteiger partial charge in [-0.3, -0.25) is 4.79 Å². The first-order valence-electron chi connectivity index (χ1n) is 10.0. The van der Waals surface area contributed by atoms with Crippen LogP contribution in [-0.4, -0.2) is 25.6 Å². The molecule has 0 aromatic heterocycles. The van der Waals surface area contributed by atoms with E-state index in [9.17, 15) is 22.8 Å². The van der Waals surface area contributed by atoms with Crippen molar-refractivity contribution in [1.29, 1.82) is 0 Å². The monoisotopic (exact) mass is 457 g/mol. The normalized spacial score (nSPS) is 10.9. The molecule has 172 valence electrons. The van der Waals surface area contributed by atoms with Gasteiger partial charge in [0.2, 0.25) is 0 Å². The number of urea groups is 1. The molecule has 0 fully saturated rings. The molecule has 3 N–H and O–H groups in total. The molecule has 0 saturated heterocycles. The Kier molecular flexibility index (Phi) is 7.55. The van der Waals surface area contributed by atoms with Crippen molar-refractivity contribution >= 4 is 23.3 Å². The Morgan fingerprint density at radius 2 is 1.61 bits per heavy atom. The van der Waals surface area contributed by atoms with Crippen molar-refractivity contribution in [3.63, 3.8) is 0 Å². The Morgan fingerprint density at radius 3 is 2.30 bits per heavy atom. The molecule has 0 spiro atoms. The number of rotatable bonds is 7. The molecule has 0 saturated carbocycles. The Hall–Kier alpha value is -4.01. The van der Waals surface area contributed by atoms with Gasteiger partial charge in [-0.1, -0.05) is 36.4 Å². The molecule has 9 heteroatoms. The predicted octanol–water partition coefficient (Wildman–Crippen LogP) is 5.33. The van der Waals surface area contributed by atoms with Crippen molar-refractivity contribution in [1.82, 2.24) is 5.32 Å². The van der Waals surface area contributed by atoms with E-state index in [0.717, 1.165) is 17.7 Å².